The van der Waals surface area contributed by atoms with Gasteiger partial charge < -0.3 is 13.7 Å². The van der Waals surface area contributed by atoms with E-state index in [1.54, 1.807) is 30.1 Å². The summed E-state index contributed by atoms with van der Waals surface area (Å²) in [4.78, 5) is 9.64. The first-order chi connectivity index (χ1) is 12.9. The third-order valence-electron chi connectivity index (χ3n) is 4.05. The first-order valence-electron chi connectivity index (χ1n) is 8.52. The highest BCUT2D eigenvalue weighted by atomic mass is 32.1. The molecule has 0 atom stereocenters. The summed E-state index contributed by atoms with van der Waals surface area (Å²) in [6.45, 7) is 1.42. The van der Waals surface area contributed by atoms with Crippen LogP contribution in [0.25, 0.3) is 10.8 Å². The number of hydrogen-bond donors (Lipinski definition) is 0. The fraction of sp³-hybridized carbons (Fsp3) is 0.200. The van der Waals surface area contributed by atoms with Crippen LogP contribution < -0.4 is 4.74 Å². The number of aryl methyl sites for hydroxylation is 2. The molecule has 0 aliphatic rings. The summed E-state index contributed by atoms with van der Waals surface area (Å²) in [5.74, 6) is 1.59. The molecule has 0 saturated carbocycles. The van der Waals surface area contributed by atoms with Crippen molar-refractivity contribution in [2.75, 3.05) is 6.61 Å². The maximum atomic E-state index is 5.77. The number of imidazole rings is 1. The quantitative estimate of drug-likeness (QED) is 0.462. The van der Waals surface area contributed by atoms with Crippen LogP contribution in [0.3, 0.4) is 0 Å². The van der Waals surface area contributed by atoms with Gasteiger partial charge in [-0.15, -0.1) is 11.3 Å². The Morgan fingerprint density at radius 3 is 2.81 bits per heavy atom. The zero-order chi connectivity index (χ0) is 17.6. The Kier molecular flexibility index (Phi) is 5.12. The molecule has 5 nitrogen and oxygen atoms in total. The van der Waals surface area contributed by atoms with E-state index in [0.29, 0.717) is 12.5 Å². The van der Waals surface area contributed by atoms with Crippen LogP contribution in [-0.4, -0.2) is 21.1 Å². The van der Waals surface area contributed by atoms with Gasteiger partial charge in [0.15, 0.2) is 0 Å². The Morgan fingerprint density at radius 1 is 1.12 bits per heavy atom. The fourth-order valence-corrected chi connectivity index (χ4v) is 3.30. The number of ether oxygens (including phenoxy) is 1. The molecule has 6 heteroatoms. The summed E-state index contributed by atoms with van der Waals surface area (Å²) in [5.41, 5.74) is 2.24. The lowest BCUT2D eigenvalue weighted by Gasteiger charge is -2.07. The van der Waals surface area contributed by atoms with Crippen molar-refractivity contribution in [3.8, 4) is 16.5 Å². The van der Waals surface area contributed by atoms with Gasteiger partial charge in [0, 0.05) is 12.4 Å². The Morgan fingerprint density at radius 2 is 2.04 bits per heavy atom. The highest BCUT2D eigenvalue weighted by Gasteiger charge is 2.07. The average Bonchev–Trinajstić information content (AvgIpc) is 3.42. The summed E-state index contributed by atoms with van der Waals surface area (Å²) in [7, 11) is 0. The van der Waals surface area contributed by atoms with Gasteiger partial charge in [-0.2, -0.15) is 0 Å². The average molecular weight is 365 g/mol. The highest BCUT2D eigenvalue weighted by molar-refractivity contribution is 7.13. The van der Waals surface area contributed by atoms with Crippen LogP contribution in [0.1, 0.15) is 11.3 Å². The van der Waals surface area contributed by atoms with Crippen molar-refractivity contribution in [3.63, 3.8) is 0 Å². The molecule has 0 N–H and O–H groups in total. The first-order valence-corrected chi connectivity index (χ1v) is 9.40. The van der Waals surface area contributed by atoms with E-state index >= 15 is 0 Å². The van der Waals surface area contributed by atoms with Gasteiger partial charge in [-0.1, -0.05) is 18.2 Å². The number of aromatic nitrogens is 3. The van der Waals surface area contributed by atoms with E-state index in [1.165, 1.54) is 5.56 Å². The Bertz CT molecular complexity index is 913. The van der Waals surface area contributed by atoms with Gasteiger partial charge in [-0.25, -0.2) is 9.97 Å². The van der Waals surface area contributed by atoms with Crippen LogP contribution in [0, 0.1) is 0 Å². The predicted molar refractivity (Wildman–Crippen MR) is 101 cm³/mol. The Labute approximate surface area is 155 Å². The molecule has 0 aliphatic carbocycles. The van der Waals surface area contributed by atoms with Gasteiger partial charge in [0.05, 0.1) is 23.4 Å². The molecule has 0 unspecified atom stereocenters. The SMILES string of the molecule is c1csc(-c2nc(CCc3ccc(OCCn4ccnc4)cc3)co2)c1. The van der Waals surface area contributed by atoms with Gasteiger partial charge in [0.2, 0.25) is 5.89 Å². The van der Waals surface area contributed by atoms with Crippen LogP contribution in [0.5, 0.6) is 5.75 Å². The van der Waals surface area contributed by atoms with Gasteiger partial charge in [-0.05, 0) is 42.0 Å². The molecular weight excluding hydrogens is 346 g/mol. The zero-order valence-electron chi connectivity index (χ0n) is 14.2. The number of rotatable bonds is 8. The number of benzene rings is 1. The van der Waals surface area contributed by atoms with Crippen molar-refractivity contribution >= 4 is 11.3 Å². The second-order valence-electron chi connectivity index (χ2n) is 5.91. The molecule has 0 fully saturated rings. The minimum atomic E-state index is 0.625. The normalized spacial score (nSPS) is 10.9. The number of oxazole rings is 1. The molecule has 0 spiro atoms. The van der Waals surface area contributed by atoms with E-state index in [2.05, 4.69) is 22.1 Å². The summed E-state index contributed by atoms with van der Waals surface area (Å²) in [6, 6.07) is 12.3. The molecule has 3 heterocycles. The second-order valence-corrected chi connectivity index (χ2v) is 6.86. The first kappa shape index (κ1) is 16.6. The van der Waals surface area contributed by atoms with E-state index in [9.17, 15) is 0 Å². The third-order valence-corrected chi connectivity index (χ3v) is 4.91. The molecular formula is C20H19N3O2S. The minimum absolute atomic E-state index is 0.625. The second kappa shape index (κ2) is 8.01. The minimum Gasteiger partial charge on any atom is -0.492 e. The van der Waals surface area contributed by atoms with Gasteiger partial charge in [-0.3, -0.25) is 0 Å². The van der Waals surface area contributed by atoms with Crippen LogP contribution in [-0.2, 0) is 19.4 Å². The van der Waals surface area contributed by atoms with Crippen LogP contribution in [0.2, 0.25) is 0 Å². The number of thiophene rings is 1. The lowest BCUT2D eigenvalue weighted by molar-refractivity contribution is 0.298. The molecule has 0 aliphatic heterocycles. The molecule has 4 aromatic rings. The van der Waals surface area contributed by atoms with Crippen LogP contribution in [0.15, 0.2) is 71.2 Å². The van der Waals surface area contributed by atoms with Crippen molar-refractivity contribution < 1.29 is 9.15 Å². The molecule has 3 aromatic heterocycles. The van der Waals surface area contributed by atoms with Crippen LogP contribution >= 0.6 is 11.3 Å². The molecule has 132 valence electrons. The number of nitrogens with zero attached hydrogens (tertiary/aromatic N) is 3. The molecule has 1 aromatic carbocycles. The lowest BCUT2D eigenvalue weighted by atomic mass is 10.1. The topological polar surface area (TPSA) is 53.1 Å². The van der Waals surface area contributed by atoms with Crippen LogP contribution in [0.4, 0.5) is 0 Å². The zero-order valence-corrected chi connectivity index (χ0v) is 15.1. The summed E-state index contributed by atoms with van der Waals surface area (Å²) in [6.07, 6.45) is 9.03. The summed E-state index contributed by atoms with van der Waals surface area (Å²) < 4.78 is 13.3. The van der Waals surface area contributed by atoms with Crippen molar-refractivity contribution in [2.24, 2.45) is 0 Å². The standard InChI is InChI=1S/C20H19N3O2S/c1-2-19(26-13-1)20-22-17(14-25-20)6-3-16-4-7-18(8-5-16)24-12-11-23-10-9-21-15-23/h1-2,4-5,7-10,13-15H,3,6,11-12H2. The maximum Gasteiger partial charge on any atom is 0.236 e. The van der Waals surface area contributed by atoms with E-state index in [-0.39, 0.29) is 0 Å². The summed E-state index contributed by atoms with van der Waals surface area (Å²) in [5, 5.41) is 2.03. The predicted octanol–water partition coefficient (Wildman–Crippen LogP) is 4.46. The molecule has 0 amide bonds. The van der Waals surface area contributed by atoms with E-state index in [0.717, 1.165) is 35.7 Å². The fourth-order valence-electron chi connectivity index (χ4n) is 2.65. The van der Waals surface area contributed by atoms with Gasteiger partial charge in [0.25, 0.3) is 0 Å². The Balaban J connectivity index is 1.26. The molecule has 0 saturated heterocycles. The smallest absolute Gasteiger partial charge is 0.236 e. The highest BCUT2D eigenvalue weighted by Crippen LogP contribution is 2.24. The largest absolute Gasteiger partial charge is 0.492 e. The van der Waals surface area contributed by atoms with Crippen molar-refractivity contribution in [2.45, 2.75) is 19.4 Å². The molecule has 4 rings (SSSR count). The van der Waals surface area contributed by atoms with Crippen molar-refractivity contribution in [3.05, 3.63) is 78.0 Å². The van der Waals surface area contributed by atoms with E-state index in [4.69, 9.17) is 9.15 Å². The molecule has 0 radical (unpaired) electrons. The number of hydrogen-bond acceptors (Lipinski definition) is 5. The van der Waals surface area contributed by atoms with Gasteiger partial charge >= 0.3 is 0 Å². The monoisotopic (exact) mass is 365 g/mol. The molecule has 26 heavy (non-hydrogen) atoms. The van der Waals surface area contributed by atoms with Gasteiger partial charge in [0.1, 0.15) is 18.6 Å². The third kappa shape index (κ3) is 4.21. The maximum absolute atomic E-state index is 5.77. The summed E-state index contributed by atoms with van der Waals surface area (Å²) >= 11 is 1.64. The lowest BCUT2D eigenvalue weighted by Crippen LogP contribution is -2.06. The molecule has 0 bridgehead atoms. The van der Waals surface area contributed by atoms with Crippen molar-refractivity contribution in [1.82, 2.24) is 14.5 Å². The Hall–Kier alpha value is -2.86. The van der Waals surface area contributed by atoms with Crippen molar-refractivity contribution in [1.29, 1.82) is 0 Å². The van der Waals surface area contributed by atoms with E-state index in [1.807, 2.05) is 40.4 Å². The van der Waals surface area contributed by atoms with E-state index < -0.39 is 0 Å².